The minimum atomic E-state index is -1.20. The summed E-state index contributed by atoms with van der Waals surface area (Å²) in [5.74, 6) is -1.52. The molecule has 3 heterocycles. The van der Waals surface area contributed by atoms with Crippen LogP contribution in [0.5, 0.6) is 5.75 Å². The van der Waals surface area contributed by atoms with Crippen LogP contribution in [0.4, 0.5) is 5.69 Å². The largest absolute Gasteiger partial charge is 0.494 e. The molecule has 1 saturated carbocycles. The summed E-state index contributed by atoms with van der Waals surface area (Å²) in [6.07, 6.45) is 8.79. The second kappa shape index (κ2) is 14.6. The second-order valence-corrected chi connectivity index (χ2v) is 14.8. The standard InChI is InChI=1S/C36H50BrN3O6/c1-6-18-38(25-14-16-27(17-15-25)45-8-3)33(42)29-30-34(43)40(26(22-41)20-23(4)5)32(36(30)21-28(37)31(29)46-36)35(44)39(19-7-2)24-12-10-9-11-13-24/h6-7,14-17,23-24,26,28-32,41H,1-2,8-13,18-22H2,3-5H3/t26-,28?,29-,30+,31-,32?,36?/m1/s1. The van der Waals surface area contributed by atoms with Crippen LogP contribution in [0.3, 0.4) is 0 Å². The molecular formula is C36H50BrN3O6. The van der Waals surface area contributed by atoms with Crippen molar-refractivity contribution in [3.8, 4) is 5.75 Å². The normalized spacial score (nSPS) is 29.5. The van der Waals surface area contributed by atoms with Gasteiger partial charge in [-0.25, -0.2) is 0 Å². The second-order valence-electron chi connectivity index (χ2n) is 13.6. The van der Waals surface area contributed by atoms with Gasteiger partial charge in [0.2, 0.25) is 17.7 Å². The number of aliphatic hydroxyl groups is 1. The van der Waals surface area contributed by atoms with E-state index in [2.05, 4.69) is 29.1 Å². The number of alkyl halides is 1. The average molecular weight is 701 g/mol. The Labute approximate surface area is 282 Å². The number of likely N-dealkylation sites (tertiary alicyclic amines) is 1. The smallest absolute Gasteiger partial charge is 0.248 e. The predicted octanol–water partition coefficient (Wildman–Crippen LogP) is 5.11. The first-order chi connectivity index (χ1) is 22.1. The molecule has 4 aliphatic rings. The molecule has 10 heteroatoms. The number of carbonyl (C=O) groups is 3. The summed E-state index contributed by atoms with van der Waals surface area (Å²) in [6, 6.07) is 5.82. The summed E-state index contributed by atoms with van der Waals surface area (Å²) in [4.78, 5) is 49.3. The first-order valence-electron chi connectivity index (χ1n) is 16.9. The predicted molar refractivity (Wildman–Crippen MR) is 182 cm³/mol. The minimum absolute atomic E-state index is 0.0443. The highest BCUT2D eigenvalue weighted by Crippen LogP contribution is 2.61. The molecule has 3 aliphatic heterocycles. The van der Waals surface area contributed by atoms with Crippen molar-refractivity contribution >= 4 is 39.3 Å². The number of aliphatic hydroxyl groups excluding tert-OH is 1. The molecule has 3 unspecified atom stereocenters. The molecule has 1 spiro atoms. The molecule has 7 atom stereocenters. The van der Waals surface area contributed by atoms with Gasteiger partial charge in [0, 0.05) is 29.6 Å². The summed E-state index contributed by atoms with van der Waals surface area (Å²) in [5.41, 5.74) is -0.543. The van der Waals surface area contributed by atoms with Gasteiger partial charge in [0.25, 0.3) is 0 Å². The van der Waals surface area contributed by atoms with Gasteiger partial charge in [-0.1, -0.05) is 61.2 Å². The maximum absolute atomic E-state index is 14.9. The maximum Gasteiger partial charge on any atom is 0.248 e. The van der Waals surface area contributed by atoms with E-state index in [0.29, 0.717) is 37.4 Å². The molecule has 46 heavy (non-hydrogen) atoms. The van der Waals surface area contributed by atoms with E-state index in [-0.39, 0.29) is 47.7 Å². The first-order valence-corrected chi connectivity index (χ1v) is 17.9. The fourth-order valence-electron chi connectivity index (χ4n) is 8.47. The van der Waals surface area contributed by atoms with Crippen LogP contribution in [-0.4, -0.2) is 93.6 Å². The Kier molecular flexibility index (Phi) is 11.0. The van der Waals surface area contributed by atoms with Gasteiger partial charge in [-0.2, -0.15) is 0 Å². The number of amides is 3. The highest BCUT2D eigenvalue weighted by atomic mass is 79.9. The Morgan fingerprint density at radius 1 is 1.13 bits per heavy atom. The van der Waals surface area contributed by atoms with Gasteiger partial charge < -0.3 is 29.3 Å². The fraction of sp³-hybridized carbons (Fsp3) is 0.639. The zero-order chi connectivity index (χ0) is 33.2. The molecule has 252 valence electrons. The molecule has 0 aromatic heterocycles. The third-order valence-electron chi connectivity index (χ3n) is 10.3. The van der Waals surface area contributed by atoms with Gasteiger partial charge in [0.15, 0.2) is 0 Å². The molecule has 9 nitrogen and oxygen atoms in total. The molecule has 1 aromatic carbocycles. The van der Waals surface area contributed by atoms with E-state index in [1.54, 1.807) is 22.0 Å². The molecule has 1 N–H and O–H groups in total. The Morgan fingerprint density at radius 3 is 2.39 bits per heavy atom. The van der Waals surface area contributed by atoms with Gasteiger partial charge >= 0.3 is 0 Å². The molecule has 2 bridgehead atoms. The summed E-state index contributed by atoms with van der Waals surface area (Å²) < 4.78 is 12.4. The van der Waals surface area contributed by atoms with Crippen molar-refractivity contribution in [3.63, 3.8) is 0 Å². The number of carbonyl (C=O) groups excluding carboxylic acids is 3. The van der Waals surface area contributed by atoms with E-state index in [1.165, 1.54) is 0 Å². The van der Waals surface area contributed by atoms with E-state index >= 15 is 0 Å². The van der Waals surface area contributed by atoms with E-state index in [9.17, 15) is 19.5 Å². The van der Waals surface area contributed by atoms with Crippen molar-refractivity contribution in [2.75, 3.05) is 31.2 Å². The lowest BCUT2D eigenvalue weighted by atomic mass is 9.70. The summed E-state index contributed by atoms with van der Waals surface area (Å²) in [6.45, 7) is 14.7. The molecule has 4 fully saturated rings. The van der Waals surface area contributed by atoms with E-state index < -0.39 is 35.6 Å². The van der Waals surface area contributed by atoms with E-state index in [0.717, 1.165) is 32.1 Å². The van der Waals surface area contributed by atoms with Crippen LogP contribution in [0.25, 0.3) is 0 Å². The van der Waals surface area contributed by atoms with E-state index in [1.807, 2.05) is 49.9 Å². The van der Waals surface area contributed by atoms with Gasteiger partial charge in [0.1, 0.15) is 17.4 Å². The zero-order valence-corrected chi connectivity index (χ0v) is 29.1. The van der Waals surface area contributed by atoms with E-state index in [4.69, 9.17) is 9.47 Å². The number of hydrogen-bond acceptors (Lipinski definition) is 6. The summed E-state index contributed by atoms with van der Waals surface area (Å²) >= 11 is 3.81. The quantitative estimate of drug-likeness (QED) is 0.214. The zero-order valence-electron chi connectivity index (χ0n) is 27.5. The Bertz CT molecular complexity index is 1280. The summed E-state index contributed by atoms with van der Waals surface area (Å²) in [7, 11) is 0. The lowest BCUT2D eigenvalue weighted by Gasteiger charge is -2.42. The SMILES string of the molecule is C=CCN(C(=O)[C@H]1[C@@H]2OC3(CC2Br)C(C(=O)N(CC=C)C2CCCCC2)N([C@@H](CO)CC(C)C)C(=O)[C@H]13)c1ccc(OCC)cc1. The molecule has 3 saturated heterocycles. The molecular weight excluding hydrogens is 650 g/mol. The van der Waals surface area contributed by atoms with Crippen molar-refractivity contribution in [2.45, 2.75) is 100 Å². The van der Waals surface area contributed by atoms with Crippen LogP contribution in [-0.2, 0) is 19.1 Å². The maximum atomic E-state index is 14.9. The van der Waals surface area contributed by atoms with Crippen LogP contribution in [0.15, 0.2) is 49.6 Å². The number of fused-ring (bicyclic) bond motifs is 1. The van der Waals surface area contributed by atoms with Crippen LogP contribution in [0.2, 0.25) is 0 Å². The molecule has 0 radical (unpaired) electrons. The first kappa shape index (κ1) is 34.6. The highest BCUT2D eigenvalue weighted by Gasteiger charge is 2.77. The minimum Gasteiger partial charge on any atom is -0.494 e. The van der Waals surface area contributed by atoms with Crippen LogP contribution >= 0.6 is 15.9 Å². The molecule has 3 amide bonds. The highest BCUT2D eigenvalue weighted by molar-refractivity contribution is 9.09. The number of nitrogens with zero attached hydrogens (tertiary/aromatic N) is 3. The third-order valence-corrected chi connectivity index (χ3v) is 11.1. The number of anilines is 1. The number of benzene rings is 1. The Balaban J connectivity index is 1.58. The number of rotatable bonds is 14. The van der Waals surface area contributed by atoms with Gasteiger partial charge in [-0.05, 0) is 62.8 Å². The third kappa shape index (κ3) is 6.17. The lowest BCUT2D eigenvalue weighted by Crippen LogP contribution is -2.60. The van der Waals surface area contributed by atoms with Crippen molar-refractivity contribution in [3.05, 3.63) is 49.6 Å². The van der Waals surface area contributed by atoms with Crippen molar-refractivity contribution in [1.82, 2.24) is 9.80 Å². The molecule has 5 rings (SSSR count). The number of hydrogen-bond donors (Lipinski definition) is 1. The monoisotopic (exact) mass is 699 g/mol. The molecule has 1 aromatic rings. The van der Waals surface area contributed by atoms with Gasteiger partial charge in [-0.3, -0.25) is 14.4 Å². The number of ether oxygens (including phenoxy) is 2. The van der Waals surface area contributed by atoms with Crippen LogP contribution in [0, 0.1) is 17.8 Å². The fourth-order valence-corrected chi connectivity index (χ4v) is 9.41. The Morgan fingerprint density at radius 2 is 1.80 bits per heavy atom. The van der Waals surface area contributed by atoms with Gasteiger partial charge in [0.05, 0.1) is 37.2 Å². The van der Waals surface area contributed by atoms with Crippen LogP contribution < -0.4 is 9.64 Å². The van der Waals surface area contributed by atoms with Crippen molar-refractivity contribution in [2.24, 2.45) is 17.8 Å². The van der Waals surface area contributed by atoms with Crippen molar-refractivity contribution < 1.29 is 29.0 Å². The topological polar surface area (TPSA) is 99.6 Å². The van der Waals surface area contributed by atoms with Gasteiger partial charge in [-0.15, -0.1) is 13.2 Å². The average Bonchev–Trinajstić information content (AvgIpc) is 3.65. The summed E-state index contributed by atoms with van der Waals surface area (Å²) in [5, 5.41) is 10.7. The van der Waals surface area contributed by atoms with Crippen LogP contribution in [0.1, 0.15) is 65.7 Å². The molecule has 1 aliphatic carbocycles. The lowest BCUT2D eigenvalue weighted by molar-refractivity contribution is -0.153. The van der Waals surface area contributed by atoms with Crippen molar-refractivity contribution in [1.29, 1.82) is 0 Å². The Hall–Kier alpha value is -2.69. The number of halogens is 1.